The third kappa shape index (κ3) is 1.40. The van der Waals surface area contributed by atoms with Crippen LogP contribution in [0.3, 0.4) is 0 Å². The zero-order chi connectivity index (χ0) is 11.2. The molecule has 2 aromatic heterocycles. The first kappa shape index (κ1) is 10.0. The molecule has 0 N–H and O–H groups in total. The summed E-state index contributed by atoms with van der Waals surface area (Å²) in [6.45, 7) is 2.10. The lowest BCUT2D eigenvalue weighted by Crippen LogP contribution is -2.01. The summed E-state index contributed by atoms with van der Waals surface area (Å²) in [4.78, 5) is 5.86. The molecule has 2 nitrogen and oxygen atoms in total. The number of rotatable bonds is 2. The fourth-order valence-electron chi connectivity index (χ4n) is 1.73. The molecule has 1 saturated carbocycles. The molecular formula is C12H10N2S2. The van der Waals surface area contributed by atoms with Gasteiger partial charge >= 0.3 is 0 Å². The quantitative estimate of drug-likeness (QED) is 0.809. The zero-order valence-corrected chi connectivity index (χ0v) is 10.5. The highest BCUT2D eigenvalue weighted by Gasteiger charge is 2.47. The second kappa shape index (κ2) is 3.41. The van der Waals surface area contributed by atoms with Gasteiger partial charge in [0.2, 0.25) is 0 Å². The Morgan fingerprint density at radius 1 is 1.44 bits per heavy atom. The van der Waals surface area contributed by atoms with E-state index in [1.807, 2.05) is 0 Å². The summed E-state index contributed by atoms with van der Waals surface area (Å²) in [7, 11) is 0. The lowest BCUT2D eigenvalue weighted by molar-refractivity contribution is 0.892. The van der Waals surface area contributed by atoms with Gasteiger partial charge in [-0.2, -0.15) is 5.26 Å². The first-order valence-corrected chi connectivity index (χ1v) is 6.93. The molecule has 0 aliphatic heterocycles. The van der Waals surface area contributed by atoms with Crippen molar-refractivity contribution in [1.82, 2.24) is 4.98 Å². The Labute approximate surface area is 102 Å². The molecule has 0 bridgehead atoms. The second-order valence-electron chi connectivity index (χ2n) is 4.16. The van der Waals surface area contributed by atoms with Crippen LogP contribution in [0.25, 0.3) is 10.6 Å². The van der Waals surface area contributed by atoms with Gasteiger partial charge in [-0.1, -0.05) is 0 Å². The number of thiophene rings is 1. The SMILES string of the molecule is Cc1ccsc1-c1csc(C2(C#N)CC2)n1. The lowest BCUT2D eigenvalue weighted by atomic mass is 10.1. The number of nitriles is 1. The molecule has 1 fully saturated rings. The number of hydrogen-bond acceptors (Lipinski definition) is 4. The van der Waals surface area contributed by atoms with E-state index in [4.69, 9.17) is 5.26 Å². The van der Waals surface area contributed by atoms with Crippen molar-refractivity contribution in [1.29, 1.82) is 5.26 Å². The van der Waals surface area contributed by atoms with Gasteiger partial charge in [0.1, 0.15) is 10.4 Å². The Kier molecular flexibility index (Phi) is 2.13. The van der Waals surface area contributed by atoms with Gasteiger partial charge in [-0.05, 0) is 36.8 Å². The van der Waals surface area contributed by atoms with Crippen LogP contribution in [0.1, 0.15) is 23.4 Å². The van der Waals surface area contributed by atoms with E-state index in [1.165, 1.54) is 10.4 Å². The van der Waals surface area contributed by atoms with E-state index < -0.39 is 0 Å². The van der Waals surface area contributed by atoms with Crippen LogP contribution >= 0.6 is 22.7 Å². The van der Waals surface area contributed by atoms with Gasteiger partial charge in [0.05, 0.1) is 16.6 Å². The summed E-state index contributed by atoms with van der Waals surface area (Å²) in [5.74, 6) is 0. The third-order valence-corrected chi connectivity index (χ3v) is 5.06. The molecule has 0 amide bonds. The molecule has 80 valence electrons. The van der Waals surface area contributed by atoms with Crippen molar-refractivity contribution in [2.45, 2.75) is 25.2 Å². The molecule has 4 heteroatoms. The van der Waals surface area contributed by atoms with Crippen LogP contribution in [0.5, 0.6) is 0 Å². The van der Waals surface area contributed by atoms with Gasteiger partial charge in [0.25, 0.3) is 0 Å². The number of aryl methyl sites for hydroxylation is 1. The summed E-state index contributed by atoms with van der Waals surface area (Å²) < 4.78 is 0. The van der Waals surface area contributed by atoms with Crippen molar-refractivity contribution in [3.63, 3.8) is 0 Å². The average Bonchev–Trinajstić information content (AvgIpc) is 2.72. The Balaban J connectivity index is 2.01. The first-order chi connectivity index (χ1) is 7.75. The number of nitrogens with zero attached hydrogens (tertiary/aromatic N) is 2. The molecule has 0 saturated heterocycles. The van der Waals surface area contributed by atoms with Crippen molar-refractivity contribution in [3.8, 4) is 16.6 Å². The standard InChI is InChI=1S/C12H10N2S2/c1-8-2-5-15-10(8)9-6-16-11(14-9)12(7-13)3-4-12/h2,5-6H,3-4H2,1H3. The molecule has 0 radical (unpaired) electrons. The van der Waals surface area contributed by atoms with Crippen LogP contribution in [-0.2, 0) is 5.41 Å². The molecule has 3 rings (SSSR count). The average molecular weight is 246 g/mol. The van der Waals surface area contributed by atoms with Crippen molar-refractivity contribution >= 4 is 22.7 Å². The molecule has 0 aromatic carbocycles. The molecule has 1 aliphatic carbocycles. The summed E-state index contributed by atoms with van der Waals surface area (Å²) in [5.41, 5.74) is 2.06. The van der Waals surface area contributed by atoms with Crippen LogP contribution < -0.4 is 0 Å². The van der Waals surface area contributed by atoms with Crippen LogP contribution in [-0.4, -0.2) is 4.98 Å². The molecular weight excluding hydrogens is 236 g/mol. The normalized spacial score (nSPS) is 17.0. The largest absolute Gasteiger partial charge is 0.239 e. The minimum Gasteiger partial charge on any atom is -0.239 e. The topological polar surface area (TPSA) is 36.7 Å². The highest BCUT2D eigenvalue weighted by Crippen LogP contribution is 2.49. The van der Waals surface area contributed by atoms with Crippen LogP contribution in [0.15, 0.2) is 16.8 Å². The molecule has 0 atom stereocenters. The second-order valence-corrected chi connectivity index (χ2v) is 5.94. The highest BCUT2D eigenvalue weighted by atomic mass is 32.1. The summed E-state index contributed by atoms with van der Waals surface area (Å²) in [5, 5.41) is 14.3. The smallest absolute Gasteiger partial charge is 0.114 e. The summed E-state index contributed by atoms with van der Waals surface area (Å²) >= 11 is 3.34. The van der Waals surface area contributed by atoms with E-state index in [2.05, 4.69) is 34.8 Å². The first-order valence-electron chi connectivity index (χ1n) is 5.17. The Morgan fingerprint density at radius 2 is 2.25 bits per heavy atom. The number of hydrogen-bond donors (Lipinski definition) is 0. The van der Waals surface area contributed by atoms with Crippen molar-refractivity contribution < 1.29 is 0 Å². The molecule has 1 aliphatic rings. The van der Waals surface area contributed by atoms with E-state index in [-0.39, 0.29) is 5.41 Å². The Hall–Kier alpha value is -1.18. The number of aromatic nitrogens is 1. The zero-order valence-electron chi connectivity index (χ0n) is 8.86. The van der Waals surface area contributed by atoms with E-state index >= 15 is 0 Å². The molecule has 16 heavy (non-hydrogen) atoms. The monoisotopic (exact) mass is 246 g/mol. The Bertz CT molecular complexity index is 570. The molecule has 2 heterocycles. The van der Waals surface area contributed by atoms with Gasteiger partial charge in [-0.15, -0.1) is 22.7 Å². The third-order valence-electron chi connectivity index (χ3n) is 2.97. The van der Waals surface area contributed by atoms with Crippen LogP contribution in [0, 0.1) is 18.3 Å². The van der Waals surface area contributed by atoms with Gasteiger partial charge in [0, 0.05) is 5.38 Å². The minimum absolute atomic E-state index is 0.242. The van der Waals surface area contributed by atoms with Crippen molar-refractivity contribution in [2.75, 3.05) is 0 Å². The maximum Gasteiger partial charge on any atom is 0.114 e. The predicted molar refractivity (Wildman–Crippen MR) is 66.7 cm³/mol. The maximum absolute atomic E-state index is 9.12. The van der Waals surface area contributed by atoms with Gasteiger partial charge in [0.15, 0.2) is 0 Å². The van der Waals surface area contributed by atoms with Gasteiger partial charge < -0.3 is 0 Å². The van der Waals surface area contributed by atoms with Crippen molar-refractivity contribution in [3.05, 3.63) is 27.4 Å². The fourth-order valence-corrected chi connectivity index (χ4v) is 3.71. The highest BCUT2D eigenvalue weighted by molar-refractivity contribution is 7.14. The Morgan fingerprint density at radius 3 is 2.81 bits per heavy atom. The van der Waals surface area contributed by atoms with Gasteiger partial charge in [-0.3, -0.25) is 0 Å². The van der Waals surface area contributed by atoms with E-state index in [0.717, 1.165) is 23.5 Å². The van der Waals surface area contributed by atoms with E-state index in [9.17, 15) is 0 Å². The summed E-state index contributed by atoms with van der Waals surface area (Å²) in [6.07, 6.45) is 1.94. The van der Waals surface area contributed by atoms with E-state index in [1.54, 1.807) is 22.7 Å². The van der Waals surface area contributed by atoms with Crippen LogP contribution in [0.4, 0.5) is 0 Å². The van der Waals surface area contributed by atoms with E-state index in [0.29, 0.717) is 0 Å². The number of thiazole rings is 1. The maximum atomic E-state index is 9.12. The molecule has 0 spiro atoms. The predicted octanol–water partition coefficient (Wildman–Crippen LogP) is 3.74. The lowest BCUT2D eigenvalue weighted by Gasteiger charge is -1.98. The van der Waals surface area contributed by atoms with Crippen LogP contribution in [0.2, 0.25) is 0 Å². The minimum atomic E-state index is -0.242. The molecule has 2 aromatic rings. The fraction of sp³-hybridized carbons (Fsp3) is 0.333. The molecule has 0 unspecified atom stereocenters. The summed E-state index contributed by atoms with van der Waals surface area (Å²) in [6, 6.07) is 4.50. The van der Waals surface area contributed by atoms with Gasteiger partial charge in [-0.25, -0.2) is 4.98 Å². The van der Waals surface area contributed by atoms with Crippen molar-refractivity contribution in [2.24, 2.45) is 0 Å².